The van der Waals surface area contributed by atoms with Crippen LogP contribution in [-0.4, -0.2) is 4.98 Å². The predicted octanol–water partition coefficient (Wildman–Crippen LogP) is 4.23. The van der Waals surface area contributed by atoms with Crippen LogP contribution < -0.4 is 5.73 Å². The average molecular weight is 316 g/mol. The minimum atomic E-state index is 0.550. The highest BCUT2D eigenvalue weighted by Crippen LogP contribution is 2.35. The van der Waals surface area contributed by atoms with Gasteiger partial charge in [-0.25, -0.2) is 4.98 Å². The molecule has 0 atom stereocenters. The maximum absolute atomic E-state index is 5.84. The van der Waals surface area contributed by atoms with Crippen LogP contribution in [0.4, 0.5) is 5.69 Å². The summed E-state index contributed by atoms with van der Waals surface area (Å²) >= 11 is 10.8. The first-order valence-electron chi connectivity index (χ1n) is 4.50. The molecule has 5 heteroatoms. The van der Waals surface area contributed by atoms with Crippen LogP contribution >= 0.6 is 39.3 Å². The van der Waals surface area contributed by atoms with Gasteiger partial charge in [0.15, 0.2) is 0 Å². The molecule has 0 bridgehead atoms. The van der Waals surface area contributed by atoms with Crippen molar-refractivity contribution in [3.63, 3.8) is 0 Å². The van der Waals surface area contributed by atoms with Gasteiger partial charge >= 0.3 is 0 Å². The molecule has 0 saturated heterocycles. The van der Waals surface area contributed by atoms with Gasteiger partial charge in [-0.05, 0) is 34.1 Å². The van der Waals surface area contributed by atoms with E-state index in [9.17, 15) is 0 Å². The van der Waals surface area contributed by atoms with Crippen LogP contribution in [0.2, 0.25) is 5.02 Å². The molecule has 82 valence electrons. The van der Waals surface area contributed by atoms with Gasteiger partial charge in [0, 0.05) is 15.6 Å². The Labute approximate surface area is 111 Å². The number of aromatic nitrogens is 1. The number of hydrogen-bond donors (Lipinski definition) is 1. The Morgan fingerprint density at radius 3 is 2.75 bits per heavy atom. The van der Waals surface area contributed by atoms with E-state index >= 15 is 0 Å². The van der Waals surface area contributed by atoms with Gasteiger partial charge in [-0.2, -0.15) is 0 Å². The van der Waals surface area contributed by atoms with E-state index in [1.807, 2.05) is 24.3 Å². The second-order valence-corrected chi connectivity index (χ2v) is 5.40. The number of halogens is 2. The maximum Gasteiger partial charge on any atom is 0.124 e. The summed E-state index contributed by atoms with van der Waals surface area (Å²) in [6.07, 6.45) is 1.59. The van der Waals surface area contributed by atoms with E-state index < -0.39 is 0 Å². The molecular formula is C11H8BrClN2S. The Morgan fingerprint density at radius 1 is 1.31 bits per heavy atom. The number of hydrogen-bond acceptors (Lipinski definition) is 3. The lowest BCUT2D eigenvalue weighted by Crippen LogP contribution is -1.91. The van der Waals surface area contributed by atoms with Crippen molar-refractivity contribution < 1.29 is 0 Å². The Balaban J connectivity index is 2.31. The van der Waals surface area contributed by atoms with Gasteiger partial charge in [-0.15, -0.1) is 0 Å². The van der Waals surface area contributed by atoms with E-state index in [-0.39, 0.29) is 0 Å². The molecule has 0 aliphatic heterocycles. The molecule has 0 saturated carbocycles. The lowest BCUT2D eigenvalue weighted by molar-refractivity contribution is 1.14. The highest BCUT2D eigenvalue weighted by Gasteiger charge is 2.06. The topological polar surface area (TPSA) is 38.9 Å². The zero-order valence-corrected chi connectivity index (χ0v) is 11.3. The van der Waals surface area contributed by atoms with Crippen LogP contribution in [-0.2, 0) is 0 Å². The van der Waals surface area contributed by atoms with Crippen molar-refractivity contribution in [2.75, 3.05) is 5.73 Å². The van der Waals surface area contributed by atoms with Crippen molar-refractivity contribution in [3.8, 4) is 0 Å². The van der Waals surface area contributed by atoms with Crippen LogP contribution in [0.25, 0.3) is 0 Å². The number of pyridine rings is 1. The summed E-state index contributed by atoms with van der Waals surface area (Å²) in [4.78, 5) is 5.27. The van der Waals surface area contributed by atoms with Gasteiger partial charge in [0.2, 0.25) is 0 Å². The molecule has 0 spiro atoms. The standard InChI is InChI=1S/C11H8BrClN2S/c12-8-3-1-2-4-10(8)16-11-9(14)5-7(13)6-15-11/h1-6H,14H2. The highest BCUT2D eigenvalue weighted by atomic mass is 79.9. The van der Waals surface area contributed by atoms with Gasteiger partial charge in [-0.1, -0.05) is 35.5 Å². The van der Waals surface area contributed by atoms with Crippen LogP contribution in [0.1, 0.15) is 0 Å². The molecule has 1 aromatic carbocycles. The Bertz CT molecular complexity index is 519. The first-order chi connectivity index (χ1) is 7.66. The van der Waals surface area contributed by atoms with Gasteiger partial charge in [-0.3, -0.25) is 0 Å². The van der Waals surface area contributed by atoms with Crippen LogP contribution in [0.15, 0.2) is 50.9 Å². The third-order valence-corrected chi connectivity index (χ3v) is 4.16. The molecule has 16 heavy (non-hydrogen) atoms. The fourth-order valence-electron chi connectivity index (χ4n) is 1.16. The third-order valence-electron chi connectivity index (χ3n) is 1.89. The van der Waals surface area contributed by atoms with Crippen LogP contribution in [0.5, 0.6) is 0 Å². The molecule has 1 heterocycles. The molecule has 0 radical (unpaired) electrons. The fourth-order valence-corrected chi connectivity index (χ4v) is 2.66. The molecule has 0 aliphatic rings. The van der Waals surface area contributed by atoms with E-state index in [1.165, 1.54) is 11.8 Å². The minimum Gasteiger partial charge on any atom is -0.396 e. The van der Waals surface area contributed by atoms with Gasteiger partial charge in [0.05, 0.1) is 10.7 Å². The normalized spacial score (nSPS) is 10.4. The van der Waals surface area contributed by atoms with Crippen molar-refractivity contribution in [1.82, 2.24) is 4.98 Å². The van der Waals surface area contributed by atoms with E-state index in [0.29, 0.717) is 10.7 Å². The number of rotatable bonds is 2. The first kappa shape index (κ1) is 11.8. The summed E-state index contributed by atoms with van der Waals surface area (Å²) in [6.45, 7) is 0. The van der Waals surface area contributed by atoms with E-state index in [0.717, 1.165) is 14.4 Å². The van der Waals surface area contributed by atoms with Crippen molar-refractivity contribution in [2.45, 2.75) is 9.92 Å². The van der Waals surface area contributed by atoms with Crippen molar-refractivity contribution in [1.29, 1.82) is 0 Å². The zero-order chi connectivity index (χ0) is 11.5. The molecule has 0 fully saturated rings. The molecule has 2 nitrogen and oxygen atoms in total. The Kier molecular flexibility index (Phi) is 3.74. The summed E-state index contributed by atoms with van der Waals surface area (Å²) in [7, 11) is 0. The smallest absolute Gasteiger partial charge is 0.124 e. The number of nitrogens with zero attached hydrogens (tertiary/aromatic N) is 1. The summed E-state index contributed by atoms with van der Waals surface area (Å²) in [5, 5.41) is 1.31. The number of nitrogens with two attached hydrogens (primary N) is 1. The quantitative estimate of drug-likeness (QED) is 0.901. The second-order valence-electron chi connectivity index (χ2n) is 3.08. The van der Waals surface area contributed by atoms with Crippen LogP contribution in [0, 0.1) is 0 Å². The predicted molar refractivity (Wildman–Crippen MR) is 71.9 cm³/mol. The minimum absolute atomic E-state index is 0.550. The summed E-state index contributed by atoms with van der Waals surface area (Å²) in [5.41, 5.74) is 6.43. The van der Waals surface area contributed by atoms with Crippen molar-refractivity contribution in [3.05, 3.63) is 46.0 Å². The zero-order valence-electron chi connectivity index (χ0n) is 8.15. The van der Waals surface area contributed by atoms with Gasteiger partial charge in [0.25, 0.3) is 0 Å². The molecule has 0 unspecified atom stereocenters. The largest absolute Gasteiger partial charge is 0.396 e. The summed E-state index contributed by atoms with van der Waals surface area (Å²) in [6, 6.07) is 9.62. The number of benzene rings is 1. The van der Waals surface area contributed by atoms with Gasteiger partial charge < -0.3 is 5.73 Å². The molecule has 2 rings (SSSR count). The first-order valence-corrected chi connectivity index (χ1v) is 6.49. The SMILES string of the molecule is Nc1cc(Cl)cnc1Sc1ccccc1Br. The lowest BCUT2D eigenvalue weighted by Gasteiger charge is -2.05. The van der Waals surface area contributed by atoms with E-state index in [2.05, 4.69) is 20.9 Å². The Morgan fingerprint density at radius 2 is 2.06 bits per heavy atom. The molecule has 2 aromatic rings. The molecule has 2 N–H and O–H groups in total. The monoisotopic (exact) mass is 314 g/mol. The van der Waals surface area contributed by atoms with Crippen molar-refractivity contribution in [2.24, 2.45) is 0 Å². The number of anilines is 1. The third kappa shape index (κ3) is 2.70. The average Bonchev–Trinajstić information content (AvgIpc) is 2.25. The lowest BCUT2D eigenvalue weighted by atomic mass is 10.4. The number of nitrogen functional groups attached to an aromatic ring is 1. The van der Waals surface area contributed by atoms with Crippen molar-refractivity contribution >= 4 is 45.0 Å². The summed E-state index contributed by atoms with van der Waals surface area (Å²) < 4.78 is 1.02. The maximum atomic E-state index is 5.84. The second kappa shape index (κ2) is 5.08. The highest BCUT2D eigenvalue weighted by molar-refractivity contribution is 9.10. The molecule has 0 aliphatic carbocycles. The molecular weight excluding hydrogens is 308 g/mol. The van der Waals surface area contributed by atoms with Gasteiger partial charge in [0.1, 0.15) is 5.03 Å². The molecule has 1 aromatic heterocycles. The summed E-state index contributed by atoms with van der Waals surface area (Å²) in [5.74, 6) is 0. The Hall–Kier alpha value is -0.710. The fraction of sp³-hybridized carbons (Fsp3) is 0. The molecule has 0 amide bonds. The van der Waals surface area contributed by atoms with E-state index in [4.69, 9.17) is 17.3 Å². The van der Waals surface area contributed by atoms with Crippen LogP contribution in [0.3, 0.4) is 0 Å². The van der Waals surface area contributed by atoms with E-state index in [1.54, 1.807) is 12.3 Å².